The van der Waals surface area contributed by atoms with Gasteiger partial charge in [0.05, 0.1) is 12.3 Å². The molecule has 0 amide bonds. The molecule has 0 spiro atoms. The molecule has 9 heteroatoms. The third-order valence-corrected chi connectivity index (χ3v) is 5.59. The Morgan fingerprint density at radius 2 is 1.62 bits per heavy atom. The molecule has 0 radical (unpaired) electrons. The zero-order chi connectivity index (χ0) is 22.8. The first-order valence-electron chi connectivity index (χ1n) is 10.0. The molecule has 4 N–H and O–H groups in total. The molecule has 0 bridgehead atoms. The van der Waals surface area contributed by atoms with Crippen LogP contribution >= 0.6 is 11.6 Å². The number of aromatic nitrogens is 2. The van der Waals surface area contributed by atoms with Crippen LogP contribution in [-0.2, 0) is 4.74 Å². The van der Waals surface area contributed by atoms with Gasteiger partial charge in [0.2, 0.25) is 6.29 Å². The molecule has 3 heterocycles. The Kier molecular flexibility index (Phi) is 6.71. The number of aliphatic hydroxyl groups excluding tert-OH is 4. The molecule has 0 aliphatic carbocycles. The highest BCUT2D eigenvalue weighted by atomic mass is 35.5. The van der Waals surface area contributed by atoms with Crippen molar-refractivity contribution in [1.29, 1.82) is 0 Å². The van der Waals surface area contributed by atoms with Crippen LogP contribution in [0.15, 0.2) is 54.9 Å². The molecule has 1 fully saturated rings. The standard InChI is InChI=1S/C23H23ClN2O6/c1-12-8-13(14-4-6-25-16(9-14)15-5-7-26-19(24)10-15)2-3-17(12)31-23-22(30)21(29)20(28)18(11-27)32-23/h2-10,18,20-23,27-30H,11H2,1H3/t18-,20-,21+,22+,23+/m1/s1. The van der Waals surface area contributed by atoms with Gasteiger partial charge < -0.3 is 29.9 Å². The first-order chi connectivity index (χ1) is 15.4. The summed E-state index contributed by atoms with van der Waals surface area (Å²) >= 11 is 5.99. The van der Waals surface area contributed by atoms with Gasteiger partial charge in [0, 0.05) is 18.0 Å². The van der Waals surface area contributed by atoms with Crippen molar-refractivity contribution in [3.63, 3.8) is 0 Å². The summed E-state index contributed by atoms with van der Waals surface area (Å²) in [6.45, 7) is 1.32. The third-order valence-electron chi connectivity index (χ3n) is 5.38. The Morgan fingerprint density at radius 3 is 2.34 bits per heavy atom. The van der Waals surface area contributed by atoms with Gasteiger partial charge in [-0.25, -0.2) is 4.98 Å². The van der Waals surface area contributed by atoms with Crippen molar-refractivity contribution in [3.8, 4) is 28.1 Å². The van der Waals surface area contributed by atoms with Crippen molar-refractivity contribution in [3.05, 3.63) is 65.6 Å². The van der Waals surface area contributed by atoms with Crippen LogP contribution in [0.5, 0.6) is 5.75 Å². The molecule has 1 aliphatic rings. The predicted molar refractivity (Wildman–Crippen MR) is 117 cm³/mol. The molecule has 0 saturated carbocycles. The number of benzene rings is 1. The summed E-state index contributed by atoms with van der Waals surface area (Å²) in [5.41, 5.74) is 4.24. The minimum atomic E-state index is -1.50. The van der Waals surface area contributed by atoms with Crippen molar-refractivity contribution in [2.75, 3.05) is 6.61 Å². The fraction of sp³-hybridized carbons (Fsp3) is 0.304. The summed E-state index contributed by atoms with van der Waals surface area (Å²) in [5.74, 6) is 0.438. The van der Waals surface area contributed by atoms with Gasteiger partial charge in [0.1, 0.15) is 35.3 Å². The molecule has 4 rings (SSSR count). The van der Waals surface area contributed by atoms with E-state index >= 15 is 0 Å². The molecule has 5 atom stereocenters. The monoisotopic (exact) mass is 458 g/mol. The van der Waals surface area contributed by atoms with E-state index in [-0.39, 0.29) is 0 Å². The lowest BCUT2D eigenvalue weighted by atomic mass is 9.99. The number of aryl methyl sites for hydroxylation is 1. The van der Waals surface area contributed by atoms with Crippen LogP contribution in [-0.4, -0.2) is 67.7 Å². The zero-order valence-corrected chi connectivity index (χ0v) is 17.9. The van der Waals surface area contributed by atoms with Crippen LogP contribution in [0.1, 0.15) is 5.56 Å². The Hall–Kier alpha value is -2.59. The summed E-state index contributed by atoms with van der Waals surface area (Å²) in [4.78, 5) is 8.40. The fourth-order valence-electron chi connectivity index (χ4n) is 3.58. The predicted octanol–water partition coefficient (Wildman–Crippen LogP) is 1.95. The molecule has 2 aromatic heterocycles. The van der Waals surface area contributed by atoms with E-state index in [1.54, 1.807) is 24.5 Å². The highest BCUT2D eigenvalue weighted by molar-refractivity contribution is 6.29. The highest BCUT2D eigenvalue weighted by Crippen LogP contribution is 2.31. The Balaban J connectivity index is 1.56. The van der Waals surface area contributed by atoms with Gasteiger partial charge in [-0.1, -0.05) is 17.7 Å². The van der Waals surface area contributed by atoms with Crippen molar-refractivity contribution in [2.24, 2.45) is 0 Å². The van der Waals surface area contributed by atoms with Gasteiger partial charge in [-0.15, -0.1) is 0 Å². The lowest BCUT2D eigenvalue weighted by molar-refractivity contribution is -0.277. The number of hydrogen-bond donors (Lipinski definition) is 4. The molecule has 8 nitrogen and oxygen atoms in total. The van der Waals surface area contributed by atoms with E-state index in [1.165, 1.54) is 0 Å². The minimum absolute atomic E-state index is 0.389. The Labute approximate surface area is 189 Å². The van der Waals surface area contributed by atoms with Gasteiger partial charge >= 0.3 is 0 Å². The van der Waals surface area contributed by atoms with Crippen LogP contribution in [0.4, 0.5) is 0 Å². The molecule has 1 aliphatic heterocycles. The van der Waals surface area contributed by atoms with Gasteiger partial charge in [0.15, 0.2) is 0 Å². The quantitative estimate of drug-likeness (QED) is 0.427. The van der Waals surface area contributed by atoms with Gasteiger partial charge in [-0.2, -0.15) is 0 Å². The molecular formula is C23H23ClN2O6. The maximum atomic E-state index is 10.2. The van der Waals surface area contributed by atoms with Crippen LogP contribution in [0, 0.1) is 6.92 Å². The lowest BCUT2D eigenvalue weighted by Crippen LogP contribution is -2.60. The normalized spacial score (nSPS) is 25.5. The fourth-order valence-corrected chi connectivity index (χ4v) is 3.75. The summed E-state index contributed by atoms with van der Waals surface area (Å²) < 4.78 is 11.2. The van der Waals surface area contributed by atoms with Crippen molar-refractivity contribution in [2.45, 2.75) is 37.6 Å². The maximum absolute atomic E-state index is 10.2. The van der Waals surface area contributed by atoms with E-state index in [4.69, 9.17) is 21.1 Å². The molecular weight excluding hydrogens is 436 g/mol. The average Bonchev–Trinajstić information content (AvgIpc) is 2.80. The lowest BCUT2D eigenvalue weighted by Gasteiger charge is -2.39. The molecule has 0 unspecified atom stereocenters. The van der Waals surface area contributed by atoms with Crippen molar-refractivity contribution >= 4 is 11.6 Å². The van der Waals surface area contributed by atoms with Crippen molar-refractivity contribution < 1.29 is 29.9 Å². The van der Waals surface area contributed by atoms with Crippen LogP contribution in [0.2, 0.25) is 5.15 Å². The highest BCUT2D eigenvalue weighted by Gasteiger charge is 2.44. The Bertz CT molecular complexity index is 1100. The molecule has 32 heavy (non-hydrogen) atoms. The van der Waals surface area contributed by atoms with Crippen LogP contribution < -0.4 is 4.74 Å². The topological polar surface area (TPSA) is 125 Å². The molecule has 168 valence electrons. The summed E-state index contributed by atoms with van der Waals surface area (Å²) in [7, 11) is 0. The average molecular weight is 459 g/mol. The smallest absolute Gasteiger partial charge is 0.229 e. The number of pyridine rings is 2. The summed E-state index contributed by atoms with van der Waals surface area (Å²) in [5, 5.41) is 39.8. The number of ether oxygens (including phenoxy) is 2. The van der Waals surface area contributed by atoms with E-state index in [2.05, 4.69) is 9.97 Å². The van der Waals surface area contributed by atoms with E-state index in [1.807, 2.05) is 37.3 Å². The van der Waals surface area contributed by atoms with E-state index in [0.717, 1.165) is 27.9 Å². The Morgan fingerprint density at radius 1 is 0.906 bits per heavy atom. The number of halogens is 1. The summed E-state index contributed by atoms with van der Waals surface area (Å²) in [6.07, 6.45) is -3.33. The molecule has 3 aromatic rings. The first-order valence-corrected chi connectivity index (χ1v) is 10.4. The second-order valence-electron chi connectivity index (χ2n) is 7.59. The van der Waals surface area contributed by atoms with Gasteiger partial charge in [-0.3, -0.25) is 4.98 Å². The number of nitrogens with zero attached hydrogens (tertiary/aromatic N) is 2. The van der Waals surface area contributed by atoms with Crippen LogP contribution in [0.25, 0.3) is 22.4 Å². The second kappa shape index (κ2) is 9.50. The molecule has 1 saturated heterocycles. The maximum Gasteiger partial charge on any atom is 0.229 e. The number of aliphatic hydroxyl groups is 4. The van der Waals surface area contributed by atoms with E-state index < -0.39 is 37.3 Å². The number of hydrogen-bond acceptors (Lipinski definition) is 8. The van der Waals surface area contributed by atoms with E-state index in [9.17, 15) is 20.4 Å². The largest absolute Gasteiger partial charge is 0.462 e. The third kappa shape index (κ3) is 4.61. The zero-order valence-electron chi connectivity index (χ0n) is 17.2. The molecule has 1 aromatic carbocycles. The van der Waals surface area contributed by atoms with Gasteiger partial charge in [-0.05, 0) is 60.0 Å². The van der Waals surface area contributed by atoms with E-state index in [0.29, 0.717) is 10.9 Å². The van der Waals surface area contributed by atoms with Crippen molar-refractivity contribution in [1.82, 2.24) is 9.97 Å². The minimum Gasteiger partial charge on any atom is -0.462 e. The summed E-state index contributed by atoms with van der Waals surface area (Å²) in [6, 6.07) is 12.9. The van der Waals surface area contributed by atoms with Gasteiger partial charge in [0.25, 0.3) is 0 Å². The first kappa shape index (κ1) is 22.6. The van der Waals surface area contributed by atoms with Crippen LogP contribution in [0.3, 0.4) is 0 Å². The SMILES string of the molecule is Cc1cc(-c2ccnc(-c3ccnc(Cl)c3)c2)ccc1O[C@H]1O[C@H](CO)[C@@H](O)[C@H](O)[C@@H]1O. The second-order valence-corrected chi connectivity index (χ2v) is 7.98. The number of rotatable bonds is 5.